The number of para-hydroxylation sites is 1. The lowest BCUT2D eigenvalue weighted by atomic mass is 10.1. The Morgan fingerprint density at radius 3 is 2.78 bits per heavy atom. The fourth-order valence-electron chi connectivity index (χ4n) is 2.48. The van der Waals surface area contributed by atoms with Crippen LogP contribution in [0.1, 0.15) is 21.6 Å². The summed E-state index contributed by atoms with van der Waals surface area (Å²) in [6, 6.07) is 9.86. The highest BCUT2D eigenvalue weighted by Crippen LogP contribution is 2.30. The number of hydrogen-bond donors (Lipinski definition) is 1. The number of carbonyl (C=O) groups is 1. The summed E-state index contributed by atoms with van der Waals surface area (Å²) in [4.78, 5) is 15.3. The predicted octanol–water partition coefficient (Wildman–Crippen LogP) is 2.83. The Bertz CT molecular complexity index is 706. The van der Waals surface area contributed by atoms with E-state index in [1.165, 1.54) is 6.07 Å². The number of alkyl halides is 3. The van der Waals surface area contributed by atoms with Gasteiger partial charge >= 0.3 is 6.18 Å². The number of benzene rings is 1. The molecule has 1 aliphatic rings. The summed E-state index contributed by atoms with van der Waals surface area (Å²) >= 11 is 0. The maximum Gasteiger partial charge on any atom is 0.434 e. The molecule has 2 heterocycles. The van der Waals surface area contributed by atoms with Gasteiger partial charge in [-0.2, -0.15) is 13.2 Å². The molecule has 4 nitrogen and oxygen atoms in total. The number of pyridine rings is 1. The minimum absolute atomic E-state index is 0.125. The van der Waals surface area contributed by atoms with Crippen molar-refractivity contribution in [1.82, 2.24) is 10.3 Å². The predicted molar refractivity (Wildman–Crippen MR) is 76.1 cm³/mol. The molecule has 23 heavy (non-hydrogen) atoms. The van der Waals surface area contributed by atoms with Gasteiger partial charge in [0, 0.05) is 12.6 Å². The molecule has 3 rings (SSSR count). The molecular formula is C16H13F3N2O2. The summed E-state index contributed by atoms with van der Waals surface area (Å²) in [5.74, 6) is -0.0749. The number of ether oxygens (including phenoxy) is 1. The summed E-state index contributed by atoms with van der Waals surface area (Å²) in [7, 11) is 0. The number of nitrogens with zero attached hydrogens (tertiary/aromatic N) is 1. The highest BCUT2D eigenvalue weighted by atomic mass is 19.4. The van der Waals surface area contributed by atoms with Crippen molar-refractivity contribution in [1.29, 1.82) is 0 Å². The average Bonchev–Trinajstić information content (AvgIpc) is 2.94. The lowest BCUT2D eigenvalue weighted by Crippen LogP contribution is -2.35. The third-order valence-electron chi connectivity index (χ3n) is 3.52. The summed E-state index contributed by atoms with van der Waals surface area (Å²) in [6.45, 7) is 0.125. The fourth-order valence-corrected chi connectivity index (χ4v) is 2.48. The van der Waals surface area contributed by atoms with E-state index < -0.39 is 23.3 Å². The number of halogens is 3. The van der Waals surface area contributed by atoms with Crippen LogP contribution in [0.3, 0.4) is 0 Å². The van der Waals surface area contributed by atoms with E-state index in [1.807, 2.05) is 24.3 Å². The van der Waals surface area contributed by atoms with Crippen LogP contribution in [0, 0.1) is 0 Å². The Kier molecular flexibility index (Phi) is 3.94. The van der Waals surface area contributed by atoms with Crippen molar-refractivity contribution in [2.24, 2.45) is 0 Å². The first-order valence-electron chi connectivity index (χ1n) is 7.00. The first-order valence-corrected chi connectivity index (χ1v) is 7.00. The quantitative estimate of drug-likeness (QED) is 0.945. The molecule has 120 valence electrons. The smallest absolute Gasteiger partial charge is 0.434 e. The molecule has 1 unspecified atom stereocenters. The van der Waals surface area contributed by atoms with Gasteiger partial charge < -0.3 is 10.1 Å². The van der Waals surface area contributed by atoms with Gasteiger partial charge in [0.2, 0.25) is 0 Å². The minimum Gasteiger partial charge on any atom is -0.488 e. The molecule has 0 fully saturated rings. The van der Waals surface area contributed by atoms with Gasteiger partial charge in [-0.1, -0.05) is 18.2 Å². The van der Waals surface area contributed by atoms with E-state index in [4.69, 9.17) is 4.74 Å². The first kappa shape index (κ1) is 15.3. The number of hydrogen-bond acceptors (Lipinski definition) is 3. The third-order valence-corrected chi connectivity index (χ3v) is 3.52. The van der Waals surface area contributed by atoms with Crippen molar-refractivity contribution in [3.8, 4) is 5.75 Å². The van der Waals surface area contributed by atoms with Crippen LogP contribution >= 0.6 is 0 Å². The summed E-state index contributed by atoms with van der Waals surface area (Å²) < 4.78 is 44.2. The lowest BCUT2D eigenvalue weighted by Gasteiger charge is -2.14. The van der Waals surface area contributed by atoms with E-state index in [1.54, 1.807) is 0 Å². The van der Waals surface area contributed by atoms with Crippen LogP contribution in [0.25, 0.3) is 0 Å². The van der Waals surface area contributed by atoms with Gasteiger partial charge in [0.05, 0.1) is 12.1 Å². The fraction of sp³-hybridized carbons (Fsp3) is 0.250. The van der Waals surface area contributed by atoms with Gasteiger partial charge in [0.1, 0.15) is 11.9 Å². The number of fused-ring (bicyclic) bond motifs is 1. The molecule has 0 saturated heterocycles. The monoisotopic (exact) mass is 322 g/mol. The zero-order chi connectivity index (χ0) is 16.4. The van der Waals surface area contributed by atoms with E-state index in [0.717, 1.165) is 23.6 Å². The van der Waals surface area contributed by atoms with E-state index in [-0.39, 0.29) is 12.6 Å². The van der Waals surface area contributed by atoms with Gasteiger partial charge in [0.15, 0.2) is 5.69 Å². The molecular weight excluding hydrogens is 309 g/mol. The molecule has 1 aromatic carbocycles. The van der Waals surface area contributed by atoms with Gasteiger partial charge in [-0.25, -0.2) is 0 Å². The number of rotatable bonds is 3. The number of amides is 1. The van der Waals surface area contributed by atoms with Crippen LogP contribution in [0.4, 0.5) is 13.2 Å². The van der Waals surface area contributed by atoms with E-state index in [0.29, 0.717) is 6.42 Å². The Morgan fingerprint density at radius 1 is 1.26 bits per heavy atom. The molecule has 0 saturated carbocycles. The average molecular weight is 322 g/mol. The summed E-state index contributed by atoms with van der Waals surface area (Å²) in [6.07, 6.45) is -3.35. The molecule has 2 aromatic rings. The Morgan fingerprint density at radius 2 is 2.04 bits per heavy atom. The second-order valence-electron chi connectivity index (χ2n) is 5.16. The van der Waals surface area contributed by atoms with Gasteiger partial charge in [-0.15, -0.1) is 0 Å². The first-order chi connectivity index (χ1) is 10.9. The van der Waals surface area contributed by atoms with Crippen LogP contribution in [0.15, 0.2) is 42.6 Å². The summed E-state index contributed by atoms with van der Waals surface area (Å²) in [5, 5.41) is 2.48. The molecule has 1 amide bonds. The molecule has 1 aliphatic heterocycles. The normalized spacial score (nSPS) is 16.6. The molecule has 1 aromatic heterocycles. The van der Waals surface area contributed by atoms with E-state index in [2.05, 4.69) is 10.3 Å². The molecule has 1 N–H and O–H groups in total. The zero-order valence-corrected chi connectivity index (χ0v) is 11.9. The van der Waals surface area contributed by atoms with Crippen LogP contribution in [0.2, 0.25) is 0 Å². The Hall–Kier alpha value is -2.57. The van der Waals surface area contributed by atoms with Gasteiger partial charge in [-0.05, 0) is 23.8 Å². The van der Waals surface area contributed by atoms with Crippen molar-refractivity contribution in [3.05, 3.63) is 59.4 Å². The highest BCUT2D eigenvalue weighted by molar-refractivity contribution is 5.95. The Labute approximate surface area is 130 Å². The molecule has 7 heteroatoms. The minimum atomic E-state index is -4.67. The van der Waals surface area contributed by atoms with Crippen molar-refractivity contribution < 1.29 is 22.7 Å². The number of aromatic nitrogens is 1. The number of carbonyl (C=O) groups excluding carboxylic acids is 1. The van der Waals surface area contributed by atoms with Crippen LogP contribution in [-0.4, -0.2) is 23.5 Å². The maximum absolute atomic E-state index is 12.9. The topological polar surface area (TPSA) is 51.2 Å². The largest absolute Gasteiger partial charge is 0.488 e. The van der Waals surface area contributed by atoms with Gasteiger partial charge in [-0.3, -0.25) is 9.78 Å². The third kappa shape index (κ3) is 3.28. The SMILES string of the molecule is O=C(NCC1Cc2ccccc2O1)c1cccnc1C(F)(F)F. The van der Waals surface area contributed by atoms with Crippen molar-refractivity contribution in [2.45, 2.75) is 18.7 Å². The zero-order valence-electron chi connectivity index (χ0n) is 11.9. The van der Waals surface area contributed by atoms with Gasteiger partial charge in [0.25, 0.3) is 5.91 Å². The maximum atomic E-state index is 12.9. The molecule has 0 radical (unpaired) electrons. The van der Waals surface area contributed by atoms with Crippen LogP contribution in [0.5, 0.6) is 5.75 Å². The molecule has 0 aliphatic carbocycles. The van der Waals surface area contributed by atoms with E-state index >= 15 is 0 Å². The van der Waals surface area contributed by atoms with Crippen molar-refractivity contribution in [2.75, 3.05) is 6.54 Å². The van der Waals surface area contributed by atoms with Crippen molar-refractivity contribution in [3.63, 3.8) is 0 Å². The summed E-state index contributed by atoms with van der Waals surface area (Å²) in [5.41, 5.74) is -0.659. The molecule has 0 spiro atoms. The van der Waals surface area contributed by atoms with Crippen LogP contribution < -0.4 is 10.1 Å². The highest BCUT2D eigenvalue weighted by Gasteiger charge is 2.37. The molecule has 0 bridgehead atoms. The Balaban J connectivity index is 1.66. The van der Waals surface area contributed by atoms with Crippen LogP contribution in [-0.2, 0) is 12.6 Å². The molecule has 1 atom stereocenters. The second kappa shape index (κ2) is 5.91. The second-order valence-corrected chi connectivity index (χ2v) is 5.16. The number of nitrogens with one attached hydrogen (secondary N) is 1. The van der Waals surface area contributed by atoms with E-state index in [9.17, 15) is 18.0 Å². The lowest BCUT2D eigenvalue weighted by molar-refractivity contribution is -0.141. The van der Waals surface area contributed by atoms with Crippen molar-refractivity contribution >= 4 is 5.91 Å². The standard InChI is InChI=1S/C16H13F3N2O2/c17-16(18,19)14-12(5-3-7-20-14)15(22)21-9-11-8-10-4-1-2-6-13(10)23-11/h1-7,11H,8-9H2,(H,21,22).